The average Bonchev–Trinajstić information content (AvgIpc) is 3.16. The quantitative estimate of drug-likeness (QED) is 0.776. The Morgan fingerprint density at radius 1 is 1.20 bits per heavy atom. The van der Waals surface area contributed by atoms with Crippen LogP contribution in [0.3, 0.4) is 0 Å². The second kappa shape index (κ2) is 7.94. The van der Waals surface area contributed by atoms with Gasteiger partial charge in [0.1, 0.15) is 0 Å². The molecule has 1 aromatic heterocycles. The van der Waals surface area contributed by atoms with Gasteiger partial charge in [-0.05, 0) is 35.9 Å². The van der Waals surface area contributed by atoms with Crippen LogP contribution in [-0.4, -0.2) is 35.8 Å². The maximum absolute atomic E-state index is 12.4. The van der Waals surface area contributed by atoms with Crippen molar-refractivity contribution in [3.05, 3.63) is 57.8 Å². The number of fused-ring (bicyclic) bond motifs is 1. The van der Waals surface area contributed by atoms with Gasteiger partial charge in [0.2, 0.25) is 5.91 Å². The van der Waals surface area contributed by atoms with E-state index in [9.17, 15) is 14.4 Å². The molecule has 25 heavy (non-hydrogen) atoms. The lowest BCUT2D eigenvalue weighted by Gasteiger charge is -2.28. The fourth-order valence-electron chi connectivity index (χ4n) is 2.69. The molecule has 0 saturated carbocycles. The maximum atomic E-state index is 12.4. The number of nitrogens with one attached hydrogen (secondary N) is 2. The standard InChI is InChI=1S/C18H19N3O3S/c22-16(6-3-9-19-17(23)14-8-11-25-12-14)20-21-10-7-13-4-1-2-5-15(13)18(21)24/h1-2,4-5,8,11-12H,3,6-7,9-10H2,(H,19,23)(H,20,22). The predicted octanol–water partition coefficient (Wildman–Crippen LogP) is 1.99. The van der Waals surface area contributed by atoms with E-state index in [2.05, 4.69) is 10.7 Å². The number of rotatable bonds is 6. The zero-order valence-corrected chi connectivity index (χ0v) is 14.5. The molecule has 0 spiro atoms. The first-order valence-electron chi connectivity index (χ1n) is 8.15. The Hall–Kier alpha value is -2.67. The summed E-state index contributed by atoms with van der Waals surface area (Å²) in [6, 6.07) is 9.19. The number of thiophene rings is 1. The highest BCUT2D eigenvalue weighted by Gasteiger charge is 2.24. The largest absolute Gasteiger partial charge is 0.352 e. The van der Waals surface area contributed by atoms with Gasteiger partial charge < -0.3 is 5.32 Å². The van der Waals surface area contributed by atoms with Crippen molar-refractivity contribution >= 4 is 29.1 Å². The van der Waals surface area contributed by atoms with Crippen LogP contribution in [0.5, 0.6) is 0 Å². The predicted molar refractivity (Wildman–Crippen MR) is 95.2 cm³/mol. The van der Waals surface area contributed by atoms with E-state index >= 15 is 0 Å². The molecule has 130 valence electrons. The molecule has 2 aromatic rings. The van der Waals surface area contributed by atoms with Crippen molar-refractivity contribution < 1.29 is 14.4 Å². The van der Waals surface area contributed by atoms with Crippen LogP contribution < -0.4 is 10.7 Å². The van der Waals surface area contributed by atoms with Gasteiger partial charge in [-0.2, -0.15) is 11.3 Å². The van der Waals surface area contributed by atoms with Gasteiger partial charge in [0.25, 0.3) is 11.8 Å². The highest BCUT2D eigenvalue weighted by molar-refractivity contribution is 7.08. The van der Waals surface area contributed by atoms with Gasteiger partial charge in [-0.25, -0.2) is 5.01 Å². The Bertz CT molecular complexity index is 774. The van der Waals surface area contributed by atoms with Gasteiger partial charge in [-0.3, -0.25) is 19.8 Å². The lowest BCUT2D eigenvalue weighted by atomic mass is 10.0. The topological polar surface area (TPSA) is 78.5 Å². The molecule has 0 saturated heterocycles. The SMILES string of the molecule is O=C(CCCNC(=O)c1ccsc1)NN1CCc2ccccc2C1=O. The third-order valence-electron chi connectivity index (χ3n) is 4.01. The number of nitrogens with zero attached hydrogens (tertiary/aromatic N) is 1. The number of hydrazine groups is 1. The van der Waals surface area contributed by atoms with E-state index in [4.69, 9.17) is 0 Å². The molecule has 6 nitrogen and oxygen atoms in total. The Morgan fingerprint density at radius 3 is 2.84 bits per heavy atom. The van der Waals surface area contributed by atoms with E-state index in [0.29, 0.717) is 30.6 Å². The summed E-state index contributed by atoms with van der Waals surface area (Å²) < 4.78 is 0. The molecule has 0 atom stereocenters. The number of hydrogen-bond acceptors (Lipinski definition) is 4. The van der Waals surface area contributed by atoms with E-state index in [1.54, 1.807) is 17.5 Å². The van der Waals surface area contributed by atoms with Crippen LogP contribution in [-0.2, 0) is 11.2 Å². The molecule has 1 aromatic carbocycles. The molecule has 3 amide bonds. The molecule has 2 heterocycles. The third kappa shape index (κ3) is 4.24. The van der Waals surface area contributed by atoms with Crippen LogP contribution >= 0.6 is 11.3 Å². The number of carbonyl (C=O) groups is 3. The summed E-state index contributed by atoms with van der Waals surface area (Å²) in [5.41, 5.74) is 4.94. The van der Waals surface area contributed by atoms with Crippen LogP contribution in [0, 0.1) is 0 Å². The van der Waals surface area contributed by atoms with Crippen LogP contribution in [0.1, 0.15) is 39.1 Å². The van der Waals surface area contributed by atoms with E-state index < -0.39 is 0 Å². The Kier molecular flexibility index (Phi) is 5.45. The Labute approximate surface area is 149 Å². The van der Waals surface area contributed by atoms with Crippen molar-refractivity contribution in [2.75, 3.05) is 13.1 Å². The lowest BCUT2D eigenvalue weighted by molar-refractivity contribution is -0.125. The second-order valence-electron chi connectivity index (χ2n) is 5.77. The summed E-state index contributed by atoms with van der Waals surface area (Å²) in [4.78, 5) is 36.2. The van der Waals surface area contributed by atoms with Crippen molar-refractivity contribution in [2.45, 2.75) is 19.3 Å². The van der Waals surface area contributed by atoms with Crippen molar-refractivity contribution in [2.24, 2.45) is 0 Å². The molecule has 2 N–H and O–H groups in total. The van der Waals surface area contributed by atoms with E-state index in [-0.39, 0.29) is 24.1 Å². The third-order valence-corrected chi connectivity index (χ3v) is 4.69. The molecular weight excluding hydrogens is 338 g/mol. The summed E-state index contributed by atoms with van der Waals surface area (Å²) >= 11 is 1.46. The normalized spacial score (nSPS) is 13.3. The second-order valence-corrected chi connectivity index (χ2v) is 6.55. The molecule has 3 rings (SSSR count). The van der Waals surface area contributed by atoms with Crippen molar-refractivity contribution in [1.29, 1.82) is 0 Å². The minimum Gasteiger partial charge on any atom is -0.352 e. The van der Waals surface area contributed by atoms with Gasteiger partial charge in [0, 0.05) is 36.0 Å². The minimum absolute atomic E-state index is 0.135. The molecule has 1 aliphatic rings. The lowest BCUT2D eigenvalue weighted by Crippen LogP contribution is -2.49. The van der Waals surface area contributed by atoms with Crippen molar-refractivity contribution in [3.63, 3.8) is 0 Å². The fourth-order valence-corrected chi connectivity index (χ4v) is 3.32. The monoisotopic (exact) mass is 357 g/mol. The summed E-state index contributed by atoms with van der Waals surface area (Å²) in [7, 11) is 0. The highest BCUT2D eigenvalue weighted by atomic mass is 32.1. The average molecular weight is 357 g/mol. The van der Waals surface area contributed by atoms with Gasteiger partial charge in [0.05, 0.1) is 0 Å². The van der Waals surface area contributed by atoms with Crippen molar-refractivity contribution in [1.82, 2.24) is 15.8 Å². The minimum atomic E-state index is -0.225. The number of hydrogen-bond donors (Lipinski definition) is 2. The molecule has 0 radical (unpaired) electrons. The highest BCUT2D eigenvalue weighted by Crippen LogP contribution is 2.17. The summed E-state index contributed by atoms with van der Waals surface area (Å²) in [5, 5.41) is 7.77. The van der Waals surface area contributed by atoms with Crippen molar-refractivity contribution in [3.8, 4) is 0 Å². The first kappa shape index (κ1) is 17.2. The van der Waals surface area contributed by atoms with Gasteiger partial charge >= 0.3 is 0 Å². The molecule has 0 unspecified atom stereocenters. The summed E-state index contributed by atoms with van der Waals surface area (Å²) in [6.45, 7) is 0.884. The molecule has 0 fully saturated rings. The van der Waals surface area contributed by atoms with Gasteiger partial charge in [-0.15, -0.1) is 0 Å². The summed E-state index contributed by atoms with van der Waals surface area (Å²) in [5.74, 6) is -0.539. The fraction of sp³-hybridized carbons (Fsp3) is 0.278. The maximum Gasteiger partial charge on any atom is 0.272 e. The Balaban J connectivity index is 1.41. The van der Waals surface area contributed by atoms with E-state index in [1.165, 1.54) is 16.3 Å². The first-order chi connectivity index (χ1) is 12.1. The zero-order valence-electron chi connectivity index (χ0n) is 13.7. The molecule has 1 aliphatic heterocycles. The van der Waals surface area contributed by atoms with Gasteiger partial charge in [-0.1, -0.05) is 18.2 Å². The van der Waals surface area contributed by atoms with Crippen LogP contribution in [0.4, 0.5) is 0 Å². The first-order valence-corrected chi connectivity index (χ1v) is 9.09. The smallest absolute Gasteiger partial charge is 0.272 e. The summed E-state index contributed by atoms with van der Waals surface area (Å²) in [6.07, 6.45) is 1.48. The molecular formula is C18H19N3O3S. The van der Waals surface area contributed by atoms with Crippen LogP contribution in [0.2, 0.25) is 0 Å². The van der Waals surface area contributed by atoms with Crippen LogP contribution in [0.15, 0.2) is 41.1 Å². The molecule has 0 bridgehead atoms. The number of carbonyl (C=O) groups excluding carboxylic acids is 3. The zero-order chi connectivity index (χ0) is 17.6. The van der Waals surface area contributed by atoms with E-state index in [0.717, 1.165) is 12.0 Å². The number of amides is 3. The van der Waals surface area contributed by atoms with Gasteiger partial charge in [0.15, 0.2) is 0 Å². The van der Waals surface area contributed by atoms with Crippen LogP contribution in [0.25, 0.3) is 0 Å². The van der Waals surface area contributed by atoms with E-state index in [1.807, 2.05) is 23.6 Å². The molecule has 7 heteroatoms. The Morgan fingerprint density at radius 2 is 2.04 bits per heavy atom. The molecule has 0 aliphatic carbocycles. The number of benzene rings is 1.